The van der Waals surface area contributed by atoms with Crippen LogP contribution in [0.2, 0.25) is 5.02 Å². The van der Waals surface area contributed by atoms with Crippen LogP contribution in [0.4, 0.5) is 5.69 Å². The number of nitrogens with one attached hydrogen (secondary N) is 2. The third-order valence-electron chi connectivity index (χ3n) is 5.68. The van der Waals surface area contributed by atoms with E-state index in [1.165, 1.54) is 5.56 Å². The van der Waals surface area contributed by atoms with Crippen molar-refractivity contribution in [3.8, 4) is 0 Å². The summed E-state index contributed by atoms with van der Waals surface area (Å²) in [5.74, 6) is -0.254. The minimum atomic E-state index is -0.173. The van der Waals surface area contributed by atoms with Gasteiger partial charge >= 0.3 is 0 Å². The van der Waals surface area contributed by atoms with Gasteiger partial charge in [-0.2, -0.15) is 0 Å². The van der Waals surface area contributed by atoms with Crippen LogP contribution in [-0.4, -0.2) is 35.8 Å². The molecule has 2 N–H and O–H groups in total. The van der Waals surface area contributed by atoms with Gasteiger partial charge in [-0.3, -0.25) is 14.5 Å². The first kappa shape index (κ1) is 22.1. The number of likely N-dealkylation sites (tertiary alicyclic amines) is 1. The summed E-state index contributed by atoms with van der Waals surface area (Å²) in [5, 5.41) is 6.74. The molecule has 0 spiro atoms. The van der Waals surface area contributed by atoms with E-state index in [4.69, 9.17) is 11.6 Å². The van der Waals surface area contributed by atoms with Gasteiger partial charge in [-0.25, -0.2) is 0 Å². The highest BCUT2D eigenvalue weighted by atomic mass is 35.5. The molecule has 0 aliphatic carbocycles. The van der Waals surface area contributed by atoms with Gasteiger partial charge in [0.15, 0.2) is 0 Å². The van der Waals surface area contributed by atoms with Crippen LogP contribution in [0.15, 0.2) is 78.9 Å². The van der Waals surface area contributed by atoms with E-state index in [0.29, 0.717) is 16.8 Å². The molecule has 0 radical (unpaired) electrons. The molecule has 2 amide bonds. The molecule has 3 aromatic rings. The van der Waals surface area contributed by atoms with Gasteiger partial charge < -0.3 is 10.6 Å². The van der Waals surface area contributed by atoms with Gasteiger partial charge in [0.25, 0.3) is 11.8 Å². The fraction of sp³-hybridized carbons (Fsp3) is 0.231. The SMILES string of the molecule is O=C(Nc1ccc(C(=O)NC2CCN(Cc3ccc(Cl)cc3)CC2)cc1)c1ccccc1. The maximum absolute atomic E-state index is 12.6. The van der Waals surface area contributed by atoms with Gasteiger partial charge in [-0.15, -0.1) is 0 Å². The van der Waals surface area contributed by atoms with Gasteiger partial charge in [0.2, 0.25) is 0 Å². The molecule has 32 heavy (non-hydrogen) atoms. The van der Waals surface area contributed by atoms with Gasteiger partial charge in [-0.1, -0.05) is 41.9 Å². The molecular weight excluding hydrogens is 422 g/mol. The van der Waals surface area contributed by atoms with Gasteiger partial charge in [0, 0.05) is 47.5 Å². The molecule has 0 saturated carbocycles. The Kier molecular flexibility index (Phi) is 7.20. The average Bonchev–Trinajstić information content (AvgIpc) is 2.83. The number of carbonyl (C=O) groups excluding carboxylic acids is 2. The minimum absolute atomic E-state index is 0.0814. The molecule has 0 unspecified atom stereocenters. The van der Waals surface area contributed by atoms with E-state index in [1.807, 2.05) is 30.3 Å². The summed E-state index contributed by atoms with van der Waals surface area (Å²) in [5.41, 5.74) is 3.09. The Hall–Kier alpha value is -3.15. The summed E-state index contributed by atoms with van der Waals surface area (Å²) in [4.78, 5) is 27.3. The van der Waals surface area contributed by atoms with Crippen molar-refractivity contribution in [1.29, 1.82) is 0 Å². The zero-order valence-electron chi connectivity index (χ0n) is 17.8. The molecule has 3 aromatic carbocycles. The van der Waals surface area contributed by atoms with Gasteiger partial charge in [0.05, 0.1) is 0 Å². The minimum Gasteiger partial charge on any atom is -0.349 e. The number of hydrogen-bond acceptors (Lipinski definition) is 3. The lowest BCUT2D eigenvalue weighted by Crippen LogP contribution is -2.44. The highest BCUT2D eigenvalue weighted by molar-refractivity contribution is 6.30. The van der Waals surface area contributed by atoms with Gasteiger partial charge in [0.1, 0.15) is 0 Å². The van der Waals surface area contributed by atoms with Crippen molar-refractivity contribution in [3.63, 3.8) is 0 Å². The molecular formula is C26H26ClN3O2. The topological polar surface area (TPSA) is 61.4 Å². The summed E-state index contributed by atoms with van der Waals surface area (Å²) >= 11 is 5.96. The van der Waals surface area contributed by atoms with E-state index in [0.717, 1.165) is 37.5 Å². The van der Waals surface area contributed by atoms with Crippen LogP contribution in [0, 0.1) is 0 Å². The Morgan fingerprint density at radius 2 is 1.44 bits per heavy atom. The number of piperidine rings is 1. The first-order valence-corrected chi connectivity index (χ1v) is 11.2. The first-order valence-electron chi connectivity index (χ1n) is 10.8. The average molecular weight is 448 g/mol. The first-order chi connectivity index (χ1) is 15.6. The Bertz CT molecular complexity index is 1040. The van der Waals surface area contributed by atoms with Crippen LogP contribution >= 0.6 is 11.6 Å². The molecule has 1 heterocycles. The van der Waals surface area contributed by atoms with Crippen molar-refractivity contribution in [2.75, 3.05) is 18.4 Å². The van der Waals surface area contributed by atoms with Crippen LogP contribution < -0.4 is 10.6 Å². The zero-order chi connectivity index (χ0) is 22.3. The van der Waals surface area contributed by atoms with Crippen molar-refractivity contribution in [3.05, 3.63) is 101 Å². The molecule has 1 fully saturated rings. The molecule has 0 aromatic heterocycles. The number of benzene rings is 3. The van der Waals surface area contributed by atoms with Crippen LogP contribution in [-0.2, 0) is 6.54 Å². The summed E-state index contributed by atoms with van der Waals surface area (Å²) in [6, 6.07) is 24.2. The van der Waals surface area contributed by atoms with E-state index in [2.05, 4.69) is 27.7 Å². The molecule has 6 heteroatoms. The number of anilines is 1. The van der Waals surface area contributed by atoms with Crippen LogP contribution in [0.1, 0.15) is 39.1 Å². The number of carbonyl (C=O) groups is 2. The summed E-state index contributed by atoms with van der Waals surface area (Å²) in [7, 11) is 0. The lowest BCUT2D eigenvalue weighted by Gasteiger charge is -2.32. The lowest BCUT2D eigenvalue weighted by molar-refractivity contribution is 0.0908. The molecule has 0 atom stereocenters. The highest BCUT2D eigenvalue weighted by Crippen LogP contribution is 2.17. The van der Waals surface area contributed by atoms with Crippen LogP contribution in [0.25, 0.3) is 0 Å². The third kappa shape index (κ3) is 5.96. The lowest BCUT2D eigenvalue weighted by atomic mass is 10.0. The van der Waals surface area contributed by atoms with Crippen molar-refractivity contribution in [2.45, 2.75) is 25.4 Å². The second-order valence-corrected chi connectivity index (χ2v) is 8.48. The number of rotatable bonds is 6. The summed E-state index contributed by atoms with van der Waals surface area (Å²) in [6.45, 7) is 2.78. The monoisotopic (exact) mass is 447 g/mol. The Morgan fingerprint density at radius 1 is 0.812 bits per heavy atom. The molecule has 0 bridgehead atoms. The predicted octanol–water partition coefficient (Wildman–Crippen LogP) is 4.99. The van der Waals surface area contributed by atoms with E-state index >= 15 is 0 Å². The number of nitrogens with zero attached hydrogens (tertiary/aromatic N) is 1. The van der Waals surface area contributed by atoms with E-state index in [9.17, 15) is 9.59 Å². The Labute approximate surface area is 193 Å². The number of amides is 2. The quantitative estimate of drug-likeness (QED) is 0.559. The second-order valence-electron chi connectivity index (χ2n) is 8.05. The summed E-state index contributed by atoms with van der Waals surface area (Å²) in [6.07, 6.45) is 1.84. The Balaban J connectivity index is 1.24. The predicted molar refractivity (Wildman–Crippen MR) is 128 cm³/mol. The fourth-order valence-corrected chi connectivity index (χ4v) is 3.98. The highest BCUT2D eigenvalue weighted by Gasteiger charge is 2.21. The van der Waals surface area contributed by atoms with E-state index in [1.54, 1.807) is 36.4 Å². The normalized spacial score (nSPS) is 14.7. The van der Waals surface area contributed by atoms with E-state index < -0.39 is 0 Å². The maximum Gasteiger partial charge on any atom is 0.255 e. The smallest absolute Gasteiger partial charge is 0.255 e. The van der Waals surface area contributed by atoms with E-state index in [-0.39, 0.29) is 17.9 Å². The van der Waals surface area contributed by atoms with Crippen molar-refractivity contribution in [2.24, 2.45) is 0 Å². The largest absolute Gasteiger partial charge is 0.349 e. The molecule has 1 saturated heterocycles. The third-order valence-corrected chi connectivity index (χ3v) is 5.94. The summed E-state index contributed by atoms with van der Waals surface area (Å²) < 4.78 is 0. The van der Waals surface area contributed by atoms with Crippen LogP contribution in [0.5, 0.6) is 0 Å². The molecule has 5 nitrogen and oxygen atoms in total. The zero-order valence-corrected chi connectivity index (χ0v) is 18.5. The standard InChI is InChI=1S/C26H26ClN3O2/c27-22-10-6-19(7-11-22)18-30-16-14-24(15-17-30)29-26(32)21-8-12-23(13-9-21)28-25(31)20-4-2-1-3-5-20/h1-13,24H,14-18H2,(H,28,31)(H,29,32). The van der Waals surface area contributed by atoms with Gasteiger partial charge in [-0.05, 0) is 66.9 Å². The molecule has 1 aliphatic heterocycles. The van der Waals surface area contributed by atoms with Crippen molar-refractivity contribution in [1.82, 2.24) is 10.2 Å². The Morgan fingerprint density at radius 3 is 2.09 bits per heavy atom. The fourth-order valence-electron chi connectivity index (χ4n) is 3.85. The van der Waals surface area contributed by atoms with Crippen LogP contribution in [0.3, 0.4) is 0 Å². The number of hydrogen-bond donors (Lipinski definition) is 2. The number of halogens is 1. The molecule has 1 aliphatic rings. The second kappa shape index (κ2) is 10.4. The molecule has 4 rings (SSSR count). The van der Waals surface area contributed by atoms with Crippen molar-refractivity contribution >= 4 is 29.1 Å². The molecule has 164 valence electrons. The van der Waals surface area contributed by atoms with Crippen molar-refractivity contribution < 1.29 is 9.59 Å². The maximum atomic E-state index is 12.6.